The van der Waals surface area contributed by atoms with Crippen LogP contribution in [0.25, 0.3) is 11.4 Å². The minimum absolute atomic E-state index is 0.120. The maximum absolute atomic E-state index is 12.4. The number of pyridine rings is 1. The van der Waals surface area contributed by atoms with Crippen LogP contribution in [0.2, 0.25) is 0 Å². The first-order chi connectivity index (χ1) is 16.1. The number of nitriles is 1. The van der Waals surface area contributed by atoms with E-state index in [9.17, 15) is 9.90 Å². The van der Waals surface area contributed by atoms with Crippen molar-refractivity contribution in [2.75, 3.05) is 20.3 Å². The number of carbonyl (C=O) groups excluding carboxylic acids is 1. The van der Waals surface area contributed by atoms with Crippen molar-refractivity contribution in [3.63, 3.8) is 0 Å². The number of aromatic hydroxyl groups is 1. The van der Waals surface area contributed by atoms with Crippen LogP contribution in [0.4, 0.5) is 0 Å². The minimum atomic E-state index is -0.211. The summed E-state index contributed by atoms with van der Waals surface area (Å²) in [5.74, 6) is 0.638. The van der Waals surface area contributed by atoms with Gasteiger partial charge < -0.3 is 19.9 Å². The fraction of sp³-hybridized carbons (Fsp3) is 0.333. The van der Waals surface area contributed by atoms with Crippen molar-refractivity contribution in [2.24, 2.45) is 0 Å². The maximum atomic E-state index is 12.4. The van der Waals surface area contributed by atoms with Crippen LogP contribution in [0.1, 0.15) is 41.6 Å². The molecule has 1 amide bonds. The number of rotatable bonds is 7. The second-order valence-electron chi connectivity index (χ2n) is 7.73. The zero-order chi connectivity index (χ0) is 23.2. The van der Waals surface area contributed by atoms with Crippen molar-refractivity contribution in [3.05, 3.63) is 65.2 Å². The maximum Gasteiger partial charge on any atom is 0.252 e. The van der Waals surface area contributed by atoms with Crippen LogP contribution in [-0.4, -0.2) is 52.1 Å². The Hall–Kier alpha value is -3.90. The van der Waals surface area contributed by atoms with Crippen LogP contribution in [-0.2, 0) is 9.47 Å². The zero-order valence-corrected chi connectivity index (χ0v) is 18.3. The molecule has 1 fully saturated rings. The number of aromatic nitrogens is 3. The summed E-state index contributed by atoms with van der Waals surface area (Å²) in [5.41, 5.74) is 2.01. The molecule has 3 heterocycles. The van der Waals surface area contributed by atoms with Crippen molar-refractivity contribution in [2.45, 2.75) is 31.8 Å². The summed E-state index contributed by atoms with van der Waals surface area (Å²) >= 11 is 0. The van der Waals surface area contributed by atoms with Gasteiger partial charge in [-0.05, 0) is 43.5 Å². The van der Waals surface area contributed by atoms with Gasteiger partial charge in [-0.1, -0.05) is 6.08 Å². The van der Waals surface area contributed by atoms with Gasteiger partial charge in [0.2, 0.25) is 5.88 Å². The number of ether oxygens (including phenoxy) is 2. The average Bonchev–Trinajstić information content (AvgIpc) is 3.44. The second kappa shape index (κ2) is 10.1. The molecule has 0 bridgehead atoms. The van der Waals surface area contributed by atoms with Gasteiger partial charge in [0.15, 0.2) is 5.82 Å². The number of hydrogen-bond donors (Lipinski definition) is 2. The molecule has 2 aromatic heterocycles. The lowest BCUT2D eigenvalue weighted by Gasteiger charge is -2.10. The monoisotopic (exact) mass is 447 g/mol. The van der Waals surface area contributed by atoms with Gasteiger partial charge in [-0.15, -0.1) is 0 Å². The lowest BCUT2D eigenvalue weighted by Crippen LogP contribution is -2.27. The normalized spacial score (nSPS) is 17.9. The van der Waals surface area contributed by atoms with E-state index in [1.807, 2.05) is 0 Å². The topological polar surface area (TPSA) is 122 Å². The van der Waals surface area contributed by atoms with Crippen molar-refractivity contribution in [3.8, 4) is 17.8 Å². The zero-order valence-electron chi connectivity index (χ0n) is 18.3. The molecule has 2 aliphatic rings. The van der Waals surface area contributed by atoms with Crippen molar-refractivity contribution < 1.29 is 19.4 Å². The van der Waals surface area contributed by atoms with Crippen molar-refractivity contribution >= 4 is 11.5 Å². The highest BCUT2D eigenvalue weighted by atomic mass is 16.5. The Morgan fingerprint density at radius 1 is 1.39 bits per heavy atom. The summed E-state index contributed by atoms with van der Waals surface area (Å²) in [4.78, 5) is 16.7. The number of hydrogen-bond acceptors (Lipinski definition) is 7. The lowest BCUT2D eigenvalue weighted by atomic mass is 10.1. The van der Waals surface area contributed by atoms with Gasteiger partial charge in [0, 0.05) is 36.9 Å². The summed E-state index contributed by atoms with van der Waals surface area (Å²) in [6.45, 7) is 1.34. The molecule has 2 N–H and O–H groups in total. The molecule has 1 aliphatic carbocycles. The Labute approximate surface area is 191 Å². The number of carbonyl (C=O) groups is 1. The number of allylic oxidation sites excluding steroid dienone is 5. The number of methoxy groups -OCH3 is 1. The highest BCUT2D eigenvalue weighted by Gasteiger charge is 2.20. The van der Waals surface area contributed by atoms with Crippen molar-refractivity contribution in [1.29, 1.82) is 5.26 Å². The summed E-state index contributed by atoms with van der Waals surface area (Å²) in [6.07, 6.45) is 11.7. The van der Waals surface area contributed by atoms with E-state index in [0.29, 0.717) is 46.8 Å². The molecule has 33 heavy (non-hydrogen) atoms. The van der Waals surface area contributed by atoms with Crippen LogP contribution < -0.4 is 5.32 Å². The summed E-state index contributed by atoms with van der Waals surface area (Å²) in [6, 6.07) is 5.37. The Morgan fingerprint density at radius 2 is 2.27 bits per heavy atom. The Bertz CT molecular complexity index is 1150. The molecule has 0 spiro atoms. The van der Waals surface area contributed by atoms with Gasteiger partial charge in [0.05, 0.1) is 36.6 Å². The fourth-order valence-electron chi connectivity index (χ4n) is 3.83. The van der Waals surface area contributed by atoms with E-state index in [0.717, 1.165) is 25.9 Å². The third-order valence-corrected chi connectivity index (χ3v) is 5.65. The molecular formula is C24H25N5O4. The smallest absolute Gasteiger partial charge is 0.252 e. The quantitative estimate of drug-likeness (QED) is 0.669. The van der Waals surface area contributed by atoms with E-state index in [1.54, 1.807) is 37.5 Å². The molecule has 9 nitrogen and oxygen atoms in total. The molecule has 1 saturated heterocycles. The third kappa shape index (κ3) is 4.96. The first kappa shape index (κ1) is 22.3. The van der Waals surface area contributed by atoms with Crippen LogP contribution in [0.3, 0.4) is 0 Å². The fourth-order valence-corrected chi connectivity index (χ4v) is 3.83. The van der Waals surface area contributed by atoms with Gasteiger partial charge in [0.1, 0.15) is 5.76 Å². The molecule has 2 aromatic rings. The Balaban J connectivity index is 1.47. The Morgan fingerprint density at radius 3 is 2.97 bits per heavy atom. The highest BCUT2D eigenvalue weighted by molar-refractivity contribution is 5.93. The molecular weight excluding hydrogens is 422 g/mol. The molecule has 1 unspecified atom stereocenters. The highest BCUT2D eigenvalue weighted by Crippen LogP contribution is 2.33. The SMILES string of the molecule is COC1=C(c2cnn(-c3ccc(C(=O)NCCC4CCCO4)cn3)c2O)C=CC(C#N)=CC1. The second-order valence-corrected chi connectivity index (χ2v) is 7.73. The van der Waals surface area contributed by atoms with E-state index in [-0.39, 0.29) is 17.9 Å². The van der Waals surface area contributed by atoms with Gasteiger partial charge in [-0.3, -0.25) is 4.79 Å². The first-order valence-corrected chi connectivity index (χ1v) is 10.8. The number of nitrogens with one attached hydrogen (secondary N) is 1. The van der Waals surface area contributed by atoms with Crippen LogP contribution in [0.5, 0.6) is 5.88 Å². The van der Waals surface area contributed by atoms with E-state index in [2.05, 4.69) is 21.5 Å². The van der Waals surface area contributed by atoms with Gasteiger partial charge in [-0.2, -0.15) is 15.0 Å². The predicted molar refractivity (Wildman–Crippen MR) is 120 cm³/mol. The molecule has 9 heteroatoms. The van der Waals surface area contributed by atoms with Gasteiger partial charge >= 0.3 is 0 Å². The lowest BCUT2D eigenvalue weighted by molar-refractivity contribution is 0.0907. The standard InChI is InChI=1S/C24H25N5O4/c1-32-21-8-5-16(13-25)4-7-19(21)20-15-28-29(24(20)31)22-9-6-17(14-27-22)23(30)26-11-10-18-3-2-12-33-18/h4-7,9,14-15,18,31H,2-3,8,10-12H2,1H3,(H,26,30). The molecule has 1 aliphatic heterocycles. The van der Waals surface area contributed by atoms with E-state index in [4.69, 9.17) is 14.7 Å². The van der Waals surface area contributed by atoms with Crippen LogP contribution in [0.15, 0.2) is 54.1 Å². The molecule has 0 radical (unpaired) electrons. The number of nitrogens with zero attached hydrogens (tertiary/aromatic N) is 4. The molecule has 4 rings (SSSR count). The molecule has 0 saturated carbocycles. The van der Waals surface area contributed by atoms with Gasteiger partial charge in [-0.25, -0.2) is 4.98 Å². The van der Waals surface area contributed by atoms with E-state index in [1.165, 1.54) is 17.1 Å². The first-order valence-electron chi connectivity index (χ1n) is 10.8. The van der Waals surface area contributed by atoms with Crippen molar-refractivity contribution in [1.82, 2.24) is 20.1 Å². The predicted octanol–water partition coefficient (Wildman–Crippen LogP) is 3.04. The number of amides is 1. The molecule has 0 aromatic carbocycles. The minimum Gasteiger partial charge on any atom is -0.500 e. The summed E-state index contributed by atoms with van der Waals surface area (Å²) in [7, 11) is 1.54. The van der Waals surface area contributed by atoms with E-state index < -0.39 is 0 Å². The third-order valence-electron chi connectivity index (χ3n) is 5.65. The summed E-state index contributed by atoms with van der Waals surface area (Å²) in [5, 5.41) is 27.1. The largest absolute Gasteiger partial charge is 0.500 e. The molecule has 1 atom stereocenters. The van der Waals surface area contributed by atoms with E-state index >= 15 is 0 Å². The molecule has 170 valence electrons. The van der Waals surface area contributed by atoms with Crippen LogP contribution in [0, 0.1) is 11.3 Å². The Kier molecular flexibility index (Phi) is 6.86. The average molecular weight is 447 g/mol. The van der Waals surface area contributed by atoms with Gasteiger partial charge in [0.25, 0.3) is 5.91 Å². The summed E-state index contributed by atoms with van der Waals surface area (Å²) < 4.78 is 12.3. The van der Waals surface area contributed by atoms with Crippen LogP contribution >= 0.6 is 0 Å².